The van der Waals surface area contributed by atoms with Crippen molar-refractivity contribution in [2.24, 2.45) is 5.41 Å². The van der Waals surface area contributed by atoms with Crippen LogP contribution in [-0.4, -0.2) is 16.3 Å². The highest BCUT2D eigenvalue weighted by atomic mass is 16.3. The van der Waals surface area contributed by atoms with E-state index in [1.807, 2.05) is 6.07 Å². The standard InChI is InChI=1S/C15H23NO2/c1-15(2)8-4-3-5-14(15)16-10-11-6-7-12(17)13(18)9-11/h6-7,9,14,16-18H,3-5,8,10H2,1-2H3. The number of hydrogen-bond donors (Lipinski definition) is 3. The Bertz CT molecular complexity index is 415. The third-order valence-electron chi connectivity index (χ3n) is 4.10. The van der Waals surface area contributed by atoms with Crippen LogP contribution in [0, 0.1) is 5.41 Å². The molecule has 1 aromatic rings. The largest absolute Gasteiger partial charge is 0.504 e. The van der Waals surface area contributed by atoms with Crippen LogP contribution in [0.3, 0.4) is 0 Å². The third kappa shape index (κ3) is 2.96. The van der Waals surface area contributed by atoms with Gasteiger partial charge in [0, 0.05) is 12.6 Å². The molecule has 2 rings (SSSR count). The molecule has 3 N–H and O–H groups in total. The highest BCUT2D eigenvalue weighted by Crippen LogP contribution is 2.35. The summed E-state index contributed by atoms with van der Waals surface area (Å²) in [4.78, 5) is 0. The lowest BCUT2D eigenvalue weighted by Gasteiger charge is -2.39. The summed E-state index contributed by atoms with van der Waals surface area (Å²) in [5.41, 5.74) is 1.35. The molecule has 0 aromatic heterocycles. The van der Waals surface area contributed by atoms with Crippen molar-refractivity contribution >= 4 is 0 Å². The van der Waals surface area contributed by atoms with Gasteiger partial charge in [0.2, 0.25) is 0 Å². The monoisotopic (exact) mass is 249 g/mol. The fraction of sp³-hybridized carbons (Fsp3) is 0.600. The number of phenols is 2. The maximum atomic E-state index is 9.46. The maximum absolute atomic E-state index is 9.46. The first-order chi connectivity index (χ1) is 8.49. The molecule has 18 heavy (non-hydrogen) atoms. The van der Waals surface area contributed by atoms with E-state index in [0.717, 1.165) is 12.1 Å². The Balaban J connectivity index is 1.96. The van der Waals surface area contributed by atoms with Gasteiger partial charge in [-0.05, 0) is 36.0 Å². The van der Waals surface area contributed by atoms with Crippen LogP contribution in [0.5, 0.6) is 11.5 Å². The van der Waals surface area contributed by atoms with Crippen molar-refractivity contribution in [3.8, 4) is 11.5 Å². The molecule has 1 saturated carbocycles. The van der Waals surface area contributed by atoms with Crippen LogP contribution in [0.15, 0.2) is 18.2 Å². The Morgan fingerprint density at radius 3 is 2.67 bits per heavy atom. The first-order valence-corrected chi connectivity index (χ1v) is 6.73. The van der Waals surface area contributed by atoms with E-state index < -0.39 is 0 Å². The van der Waals surface area contributed by atoms with Crippen molar-refractivity contribution in [2.45, 2.75) is 52.1 Å². The Morgan fingerprint density at radius 2 is 2.00 bits per heavy atom. The van der Waals surface area contributed by atoms with Gasteiger partial charge in [-0.3, -0.25) is 0 Å². The predicted molar refractivity (Wildman–Crippen MR) is 72.6 cm³/mol. The zero-order valence-electron chi connectivity index (χ0n) is 11.2. The van der Waals surface area contributed by atoms with E-state index in [1.54, 1.807) is 12.1 Å². The van der Waals surface area contributed by atoms with E-state index in [2.05, 4.69) is 19.2 Å². The molecule has 3 heteroatoms. The van der Waals surface area contributed by atoms with E-state index in [-0.39, 0.29) is 11.5 Å². The van der Waals surface area contributed by atoms with Gasteiger partial charge in [-0.25, -0.2) is 0 Å². The summed E-state index contributed by atoms with van der Waals surface area (Å²) in [6.07, 6.45) is 5.11. The first kappa shape index (κ1) is 13.2. The second kappa shape index (κ2) is 5.19. The second-order valence-electron chi connectivity index (χ2n) is 5.99. The molecule has 0 spiro atoms. The van der Waals surface area contributed by atoms with Crippen molar-refractivity contribution in [2.75, 3.05) is 0 Å². The first-order valence-electron chi connectivity index (χ1n) is 6.73. The molecule has 1 fully saturated rings. The highest BCUT2D eigenvalue weighted by molar-refractivity contribution is 5.40. The van der Waals surface area contributed by atoms with Crippen LogP contribution in [-0.2, 0) is 6.54 Å². The normalized spacial score (nSPS) is 22.9. The van der Waals surface area contributed by atoms with Gasteiger partial charge in [0.1, 0.15) is 0 Å². The molecule has 1 aliphatic rings. The van der Waals surface area contributed by atoms with Gasteiger partial charge < -0.3 is 15.5 Å². The summed E-state index contributed by atoms with van der Waals surface area (Å²) in [6.45, 7) is 5.37. The van der Waals surface area contributed by atoms with E-state index in [9.17, 15) is 10.2 Å². The Hall–Kier alpha value is -1.22. The number of phenolic OH excluding ortho intramolecular Hbond substituents is 2. The smallest absolute Gasteiger partial charge is 0.157 e. The van der Waals surface area contributed by atoms with Gasteiger partial charge in [-0.15, -0.1) is 0 Å². The van der Waals surface area contributed by atoms with Gasteiger partial charge in [0.05, 0.1) is 0 Å². The van der Waals surface area contributed by atoms with Gasteiger partial charge in [-0.1, -0.05) is 32.8 Å². The number of hydrogen-bond acceptors (Lipinski definition) is 3. The molecular weight excluding hydrogens is 226 g/mol. The molecular formula is C15H23NO2. The number of benzene rings is 1. The van der Waals surface area contributed by atoms with Gasteiger partial charge in [-0.2, -0.15) is 0 Å². The summed E-state index contributed by atoms with van der Waals surface area (Å²) < 4.78 is 0. The Morgan fingerprint density at radius 1 is 1.22 bits per heavy atom. The molecule has 0 radical (unpaired) electrons. The summed E-state index contributed by atoms with van der Waals surface area (Å²) in [7, 11) is 0. The third-order valence-corrected chi connectivity index (χ3v) is 4.10. The number of nitrogens with one attached hydrogen (secondary N) is 1. The lowest BCUT2D eigenvalue weighted by atomic mass is 9.73. The highest BCUT2D eigenvalue weighted by Gasteiger charge is 2.31. The molecule has 0 saturated heterocycles. The molecule has 100 valence electrons. The zero-order valence-corrected chi connectivity index (χ0v) is 11.2. The topological polar surface area (TPSA) is 52.5 Å². The minimum absolute atomic E-state index is 0.0443. The Labute approximate surface area is 109 Å². The fourth-order valence-corrected chi connectivity index (χ4v) is 2.79. The summed E-state index contributed by atoms with van der Waals surface area (Å²) in [5.74, 6) is -0.103. The van der Waals surface area contributed by atoms with Gasteiger partial charge in [0.15, 0.2) is 11.5 Å². The van der Waals surface area contributed by atoms with Crippen molar-refractivity contribution in [3.63, 3.8) is 0 Å². The lowest BCUT2D eigenvalue weighted by molar-refractivity contribution is 0.166. The molecule has 3 nitrogen and oxygen atoms in total. The van der Waals surface area contributed by atoms with Crippen LogP contribution >= 0.6 is 0 Å². The molecule has 0 amide bonds. The lowest BCUT2D eigenvalue weighted by Crippen LogP contribution is -2.43. The predicted octanol–water partition coefficient (Wildman–Crippen LogP) is 3.16. The molecule has 1 unspecified atom stereocenters. The molecule has 1 aromatic carbocycles. The van der Waals surface area contributed by atoms with E-state index >= 15 is 0 Å². The van der Waals surface area contributed by atoms with E-state index in [0.29, 0.717) is 11.5 Å². The Kier molecular flexibility index (Phi) is 3.81. The van der Waals surface area contributed by atoms with Crippen LogP contribution < -0.4 is 5.32 Å². The second-order valence-corrected chi connectivity index (χ2v) is 5.99. The van der Waals surface area contributed by atoms with Crippen LogP contribution in [0.1, 0.15) is 45.1 Å². The van der Waals surface area contributed by atoms with Gasteiger partial charge in [0.25, 0.3) is 0 Å². The zero-order chi connectivity index (χ0) is 13.2. The maximum Gasteiger partial charge on any atom is 0.157 e. The quantitative estimate of drug-likeness (QED) is 0.721. The fourth-order valence-electron chi connectivity index (χ4n) is 2.79. The van der Waals surface area contributed by atoms with Crippen molar-refractivity contribution in [1.82, 2.24) is 5.32 Å². The van der Waals surface area contributed by atoms with E-state index in [4.69, 9.17) is 0 Å². The van der Waals surface area contributed by atoms with E-state index in [1.165, 1.54) is 25.7 Å². The molecule has 1 aliphatic carbocycles. The minimum atomic E-state index is -0.0586. The summed E-state index contributed by atoms with van der Waals surface area (Å²) in [5, 5.41) is 22.3. The number of rotatable bonds is 3. The average Bonchev–Trinajstić information content (AvgIpc) is 2.31. The molecule has 0 heterocycles. The summed E-state index contributed by atoms with van der Waals surface area (Å²) >= 11 is 0. The average molecular weight is 249 g/mol. The van der Waals surface area contributed by atoms with Crippen LogP contribution in [0.25, 0.3) is 0 Å². The van der Waals surface area contributed by atoms with Crippen molar-refractivity contribution in [3.05, 3.63) is 23.8 Å². The molecule has 0 aliphatic heterocycles. The molecule has 0 bridgehead atoms. The number of aromatic hydroxyl groups is 2. The molecule has 1 atom stereocenters. The SMILES string of the molecule is CC1(C)CCCCC1NCc1ccc(O)c(O)c1. The minimum Gasteiger partial charge on any atom is -0.504 e. The van der Waals surface area contributed by atoms with Crippen molar-refractivity contribution in [1.29, 1.82) is 0 Å². The van der Waals surface area contributed by atoms with Gasteiger partial charge >= 0.3 is 0 Å². The summed E-state index contributed by atoms with van der Waals surface area (Å²) in [6, 6.07) is 5.54. The van der Waals surface area contributed by atoms with Crippen molar-refractivity contribution < 1.29 is 10.2 Å². The van der Waals surface area contributed by atoms with Crippen LogP contribution in [0.2, 0.25) is 0 Å². The van der Waals surface area contributed by atoms with Crippen LogP contribution in [0.4, 0.5) is 0 Å².